The summed E-state index contributed by atoms with van der Waals surface area (Å²) in [6, 6.07) is 10.0. The van der Waals surface area contributed by atoms with Crippen molar-refractivity contribution in [1.29, 1.82) is 0 Å². The molecule has 1 aliphatic rings. The van der Waals surface area contributed by atoms with E-state index in [4.69, 9.17) is 9.15 Å². The average Bonchev–Trinajstić information content (AvgIpc) is 3.25. The van der Waals surface area contributed by atoms with Gasteiger partial charge in [-0.05, 0) is 49.2 Å². The van der Waals surface area contributed by atoms with Gasteiger partial charge in [-0.1, -0.05) is 35.0 Å². The minimum absolute atomic E-state index is 0.0590. The lowest BCUT2D eigenvalue weighted by Gasteiger charge is -2.25. The van der Waals surface area contributed by atoms with Crippen LogP contribution >= 0.6 is 15.9 Å². The third-order valence-electron chi connectivity index (χ3n) is 5.57. The number of carbonyl (C=O) groups is 3. The predicted octanol–water partition coefficient (Wildman–Crippen LogP) is 4.87. The number of nitrogens with zero attached hydrogens (tertiary/aromatic N) is 1. The van der Waals surface area contributed by atoms with Gasteiger partial charge in [0, 0.05) is 15.4 Å². The average molecular weight is 503 g/mol. The lowest BCUT2D eigenvalue weighted by molar-refractivity contribution is -0.132. The van der Waals surface area contributed by atoms with E-state index in [9.17, 15) is 18.8 Å². The second-order valence-electron chi connectivity index (χ2n) is 7.36. The van der Waals surface area contributed by atoms with E-state index in [2.05, 4.69) is 21.2 Å². The van der Waals surface area contributed by atoms with Crippen molar-refractivity contribution in [2.75, 3.05) is 6.61 Å². The monoisotopic (exact) mass is 502 g/mol. The first kappa shape index (κ1) is 22.0. The SMILES string of the molecule is CCOC(=O)c1oc2ccc(Br)cc2c1CN1C(=O)N[C@](CC)(c2ccc(F)cc2)C1=O. The summed E-state index contributed by atoms with van der Waals surface area (Å²) < 4.78 is 25.0. The first-order valence-electron chi connectivity index (χ1n) is 10.1. The molecule has 0 spiro atoms. The molecule has 1 atom stereocenters. The molecule has 3 aromatic rings. The summed E-state index contributed by atoms with van der Waals surface area (Å²) in [6.45, 7) is 3.39. The molecule has 0 radical (unpaired) electrons. The van der Waals surface area contributed by atoms with Crippen molar-refractivity contribution in [3.63, 3.8) is 0 Å². The number of urea groups is 1. The van der Waals surface area contributed by atoms with Gasteiger partial charge in [-0.25, -0.2) is 14.0 Å². The van der Waals surface area contributed by atoms with Gasteiger partial charge < -0.3 is 14.5 Å². The number of amides is 3. The minimum atomic E-state index is -1.32. The van der Waals surface area contributed by atoms with Crippen LogP contribution in [-0.2, 0) is 21.6 Å². The van der Waals surface area contributed by atoms with Crippen LogP contribution in [0, 0.1) is 5.82 Å². The quantitative estimate of drug-likeness (QED) is 0.383. The van der Waals surface area contributed by atoms with Crippen LogP contribution in [0.2, 0.25) is 0 Å². The highest BCUT2D eigenvalue weighted by molar-refractivity contribution is 9.10. The Balaban J connectivity index is 1.77. The number of carbonyl (C=O) groups excluding carboxylic acids is 3. The Hall–Kier alpha value is -3.20. The van der Waals surface area contributed by atoms with Crippen molar-refractivity contribution < 1.29 is 27.9 Å². The number of ether oxygens (including phenoxy) is 1. The van der Waals surface area contributed by atoms with E-state index in [-0.39, 0.29) is 25.3 Å². The second-order valence-corrected chi connectivity index (χ2v) is 8.27. The summed E-state index contributed by atoms with van der Waals surface area (Å²) in [6.07, 6.45) is 0.266. The van der Waals surface area contributed by atoms with Crippen molar-refractivity contribution in [3.8, 4) is 0 Å². The summed E-state index contributed by atoms with van der Waals surface area (Å²) >= 11 is 3.40. The van der Waals surface area contributed by atoms with Crippen LogP contribution in [0.3, 0.4) is 0 Å². The van der Waals surface area contributed by atoms with E-state index in [0.29, 0.717) is 22.1 Å². The van der Waals surface area contributed by atoms with Gasteiger partial charge in [-0.15, -0.1) is 0 Å². The van der Waals surface area contributed by atoms with E-state index in [1.165, 1.54) is 24.3 Å². The lowest BCUT2D eigenvalue weighted by atomic mass is 9.87. The Morgan fingerprint density at radius 1 is 1.19 bits per heavy atom. The number of hydrogen-bond acceptors (Lipinski definition) is 5. The molecule has 4 rings (SSSR count). The van der Waals surface area contributed by atoms with Crippen LogP contribution in [0.15, 0.2) is 51.4 Å². The van der Waals surface area contributed by atoms with Crippen LogP contribution in [0.4, 0.5) is 9.18 Å². The molecule has 32 heavy (non-hydrogen) atoms. The number of imide groups is 1. The molecule has 2 heterocycles. The molecule has 1 saturated heterocycles. The van der Waals surface area contributed by atoms with E-state index >= 15 is 0 Å². The third kappa shape index (κ3) is 3.56. The van der Waals surface area contributed by atoms with Crippen molar-refractivity contribution in [2.45, 2.75) is 32.4 Å². The highest BCUT2D eigenvalue weighted by atomic mass is 79.9. The summed E-state index contributed by atoms with van der Waals surface area (Å²) in [7, 11) is 0. The zero-order chi connectivity index (χ0) is 23.0. The molecule has 1 aromatic heterocycles. The third-order valence-corrected chi connectivity index (χ3v) is 6.07. The highest BCUT2D eigenvalue weighted by Gasteiger charge is 2.51. The van der Waals surface area contributed by atoms with Crippen molar-refractivity contribution in [2.24, 2.45) is 0 Å². The van der Waals surface area contributed by atoms with Gasteiger partial charge >= 0.3 is 12.0 Å². The van der Waals surface area contributed by atoms with Crippen LogP contribution in [0.1, 0.15) is 41.9 Å². The van der Waals surface area contributed by atoms with Gasteiger partial charge in [0.1, 0.15) is 16.9 Å². The number of fused-ring (bicyclic) bond motifs is 1. The summed E-state index contributed by atoms with van der Waals surface area (Å²) in [5.41, 5.74) is -0.0462. The molecule has 0 saturated carbocycles. The van der Waals surface area contributed by atoms with Crippen LogP contribution in [-0.4, -0.2) is 29.4 Å². The van der Waals surface area contributed by atoms with Crippen LogP contribution in [0.25, 0.3) is 11.0 Å². The van der Waals surface area contributed by atoms with Crippen LogP contribution in [0.5, 0.6) is 0 Å². The number of furan rings is 1. The smallest absolute Gasteiger partial charge is 0.374 e. The molecule has 7 nitrogen and oxygen atoms in total. The number of esters is 1. The number of rotatable bonds is 6. The highest BCUT2D eigenvalue weighted by Crippen LogP contribution is 2.36. The van der Waals surface area contributed by atoms with Crippen molar-refractivity contribution >= 4 is 44.8 Å². The molecule has 0 bridgehead atoms. The molecular weight excluding hydrogens is 483 g/mol. The van der Waals surface area contributed by atoms with Gasteiger partial charge in [-0.2, -0.15) is 0 Å². The maximum Gasteiger partial charge on any atom is 0.374 e. The van der Waals surface area contributed by atoms with Gasteiger partial charge in [0.2, 0.25) is 5.76 Å². The molecule has 166 valence electrons. The fraction of sp³-hybridized carbons (Fsp3) is 0.261. The van der Waals surface area contributed by atoms with Gasteiger partial charge in [-0.3, -0.25) is 9.69 Å². The molecule has 1 fully saturated rings. The number of benzene rings is 2. The second kappa shape index (κ2) is 8.38. The van der Waals surface area contributed by atoms with E-state index in [0.717, 1.165) is 9.37 Å². The van der Waals surface area contributed by atoms with Gasteiger partial charge in [0.05, 0.1) is 13.2 Å². The first-order valence-corrected chi connectivity index (χ1v) is 10.9. The summed E-state index contributed by atoms with van der Waals surface area (Å²) in [5, 5.41) is 3.34. The zero-order valence-electron chi connectivity index (χ0n) is 17.4. The normalized spacial score (nSPS) is 18.3. The molecular formula is C23H20BrFN2O5. The molecule has 3 amide bonds. The topological polar surface area (TPSA) is 88.8 Å². The Kier molecular flexibility index (Phi) is 5.77. The molecule has 2 aromatic carbocycles. The van der Waals surface area contributed by atoms with Crippen molar-refractivity contribution in [3.05, 3.63) is 69.6 Å². The lowest BCUT2D eigenvalue weighted by Crippen LogP contribution is -2.43. The van der Waals surface area contributed by atoms with E-state index in [1.54, 1.807) is 32.0 Å². The molecule has 0 aliphatic carbocycles. The van der Waals surface area contributed by atoms with Crippen LogP contribution < -0.4 is 5.32 Å². The fourth-order valence-corrected chi connectivity index (χ4v) is 4.30. The van der Waals surface area contributed by atoms with Crippen molar-refractivity contribution in [1.82, 2.24) is 10.2 Å². The largest absolute Gasteiger partial charge is 0.460 e. The van der Waals surface area contributed by atoms with Gasteiger partial charge in [0.15, 0.2) is 0 Å². The number of nitrogens with one attached hydrogen (secondary N) is 1. The van der Waals surface area contributed by atoms with Gasteiger partial charge in [0.25, 0.3) is 5.91 Å². The Morgan fingerprint density at radius 3 is 2.56 bits per heavy atom. The standard InChI is InChI=1S/C23H20BrFN2O5/c1-3-23(13-5-8-15(25)9-6-13)21(29)27(22(30)26-23)12-17-16-11-14(24)7-10-18(16)32-19(17)20(28)31-4-2/h5-11H,3-4,12H2,1-2H3,(H,26,30)/t23-/m1/s1. The van der Waals surface area contributed by atoms with E-state index in [1.807, 2.05) is 0 Å². The zero-order valence-corrected chi connectivity index (χ0v) is 19.0. The summed E-state index contributed by atoms with van der Waals surface area (Å²) in [5.74, 6) is -1.67. The molecule has 9 heteroatoms. The molecule has 1 N–H and O–H groups in total. The number of hydrogen-bond donors (Lipinski definition) is 1. The fourth-order valence-electron chi connectivity index (χ4n) is 3.94. The maximum absolute atomic E-state index is 13.5. The molecule has 0 unspecified atom stereocenters. The molecule has 1 aliphatic heterocycles. The van der Waals surface area contributed by atoms with E-state index < -0.39 is 29.3 Å². The Bertz CT molecular complexity index is 1220. The summed E-state index contributed by atoms with van der Waals surface area (Å²) in [4.78, 5) is 40.0. The predicted molar refractivity (Wildman–Crippen MR) is 117 cm³/mol. The minimum Gasteiger partial charge on any atom is -0.460 e. The Labute approximate surface area is 191 Å². The Morgan fingerprint density at radius 2 is 1.91 bits per heavy atom. The maximum atomic E-state index is 13.5. The number of halogens is 2. The first-order chi connectivity index (χ1) is 15.3.